The second-order valence-electron chi connectivity index (χ2n) is 6.78. The zero-order valence-corrected chi connectivity index (χ0v) is 15.6. The molecule has 0 saturated carbocycles. The smallest absolute Gasteiger partial charge is 0.143 e. The fraction of sp³-hybridized carbons (Fsp3) is 0.478. The summed E-state index contributed by atoms with van der Waals surface area (Å²) in [6.45, 7) is 3.70. The minimum Gasteiger partial charge on any atom is -0.299 e. The highest BCUT2D eigenvalue weighted by Gasteiger charge is 2.22. The topological polar surface area (TPSA) is 34.1 Å². The van der Waals surface area contributed by atoms with Gasteiger partial charge in [0.05, 0.1) is 5.92 Å². The van der Waals surface area contributed by atoms with Gasteiger partial charge in [0.25, 0.3) is 0 Å². The fourth-order valence-corrected chi connectivity index (χ4v) is 3.52. The predicted octanol–water partition coefficient (Wildman–Crippen LogP) is 5.91. The van der Waals surface area contributed by atoms with Crippen molar-refractivity contribution in [3.63, 3.8) is 0 Å². The van der Waals surface area contributed by atoms with Crippen LogP contribution in [0.2, 0.25) is 0 Å². The third-order valence-electron chi connectivity index (χ3n) is 5.04. The van der Waals surface area contributed by atoms with Crippen molar-refractivity contribution in [2.24, 2.45) is 5.92 Å². The molecule has 2 aromatic carbocycles. The first kappa shape index (κ1) is 19.4. The van der Waals surface area contributed by atoms with Gasteiger partial charge in [-0.3, -0.25) is 9.59 Å². The molecule has 0 aromatic heterocycles. The van der Waals surface area contributed by atoms with Crippen LogP contribution >= 0.6 is 0 Å². The molecule has 0 aliphatic carbocycles. The molecule has 0 saturated heterocycles. The molecule has 0 amide bonds. The third-order valence-corrected chi connectivity index (χ3v) is 5.04. The van der Waals surface area contributed by atoms with Crippen LogP contribution in [0.3, 0.4) is 0 Å². The molecule has 2 aromatic rings. The summed E-state index contributed by atoms with van der Waals surface area (Å²) >= 11 is 0. The van der Waals surface area contributed by atoms with Crippen molar-refractivity contribution >= 4 is 22.3 Å². The van der Waals surface area contributed by atoms with E-state index >= 15 is 0 Å². The molecule has 2 rings (SSSR count). The van der Waals surface area contributed by atoms with Crippen LogP contribution in [0.1, 0.15) is 64.4 Å². The van der Waals surface area contributed by atoms with E-state index < -0.39 is 0 Å². The van der Waals surface area contributed by atoms with Gasteiger partial charge in [-0.15, -0.1) is 0 Å². The van der Waals surface area contributed by atoms with Gasteiger partial charge in [0, 0.05) is 12.8 Å². The molecule has 0 radical (unpaired) electrons. The van der Waals surface area contributed by atoms with Crippen LogP contribution < -0.4 is 0 Å². The summed E-state index contributed by atoms with van der Waals surface area (Å²) in [5.74, 6) is -0.127. The summed E-state index contributed by atoms with van der Waals surface area (Å²) in [5, 5.41) is 2.66. The Labute approximate surface area is 151 Å². The number of rotatable bonds is 11. The summed E-state index contributed by atoms with van der Waals surface area (Å²) < 4.78 is 0. The molecule has 134 valence electrons. The number of hydrogen-bond donors (Lipinski definition) is 0. The van der Waals surface area contributed by atoms with E-state index in [-0.39, 0.29) is 17.5 Å². The maximum atomic E-state index is 11.9. The van der Waals surface area contributed by atoms with E-state index in [2.05, 4.69) is 42.5 Å². The number of carbonyl (C=O) groups excluding carboxylic acids is 2. The molecule has 0 aliphatic rings. The summed E-state index contributed by atoms with van der Waals surface area (Å²) in [6.07, 6.45) is 7.13. The SMILES string of the molecule is CCC(=O)C(CCCCCCc1cccc2ccccc12)C(=O)CC. The Morgan fingerprint density at radius 3 is 2.16 bits per heavy atom. The van der Waals surface area contributed by atoms with E-state index in [1.165, 1.54) is 16.3 Å². The Bertz CT molecular complexity index is 681. The first-order valence-electron chi connectivity index (χ1n) is 9.69. The Morgan fingerprint density at radius 1 is 0.800 bits per heavy atom. The summed E-state index contributed by atoms with van der Waals surface area (Å²) in [5.41, 5.74) is 1.42. The van der Waals surface area contributed by atoms with Gasteiger partial charge >= 0.3 is 0 Å². The molecular weight excluding hydrogens is 308 g/mol. The molecular formula is C23H30O2. The molecule has 0 atom stereocenters. The molecule has 0 aliphatic heterocycles. The van der Waals surface area contributed by atoms with Crippen molar-refractivity contribution in [1.82, 2.24) is 0 Å². The van der Waals surface area contributed by atoms with Crippen molar-refractivity contribution in [3.8, 4) is 0 Å². The van der Waals surface area contributed by atoms with E-state index in [1.54, 1.807) is 0 Å². The Morgan fingerprint density at radius 2 is 1.44 bits per heavy atom. The van der Waals surface area contributed by atoms with Gasteiger partial charge in [0.1, 0.15) is 11.6 Å². The summed E-state index contributed by atoms with van der Waals surface area (Å²) in [7, 11) is 0. The molecule has 25 heavy (non-hydrogen) atoms. The molecule has 0 bridgehead atoms. The van der Waals surface area contributed by atoms with Crippen molar-refractivity contribution < 1.29 is 9.59 Å². The van der Waals surface area contributed by atoms with Crippen LogP contribution in [0.4, 0.5) is 0 Å². The Kier molecular flexibility index (Phi) is 7.84. The lowest BCUT2D eigenvalue weighted by Crippen LogP contribution is -2.22. The van der Waals surface area contributed by atoms with Gasteiger partial charge < -0.3 is 0 Å². The summed E-state index contributed by atoms with van der Waals surface area (Å²) in [4.78, 5) is 23.8. The average Bonchev–Trinajstić information content (AvgIpc) is 2.66. The highest BCUT2D eigenvalue weighted by molar-refractivity contribution is 6.02. The molecule has 0 N–H and O–H groups in total. The normalized spacial score (nSPS) is 11.2. The number of unbranched alkanes of at least 4 members (excludes halogenated alkanes) is 3. The maximum Gasteiger partial charge on any atom is 0.143 e. The van der Waals surface area contributed by atoms with Crippen molar-refractivity contribution in [1.29, 1.82) is 0 Å². The quantitative estimate of drug-likeness (QED) is 0.377. The molecule has 0 unspecified atom stereocenters. The minimum absolute atomic E-state index is 0.114. The highest BCUT2D eigenvalue weighted by atomic mass is 16.1. The van der Waals surface area contributed by atoms with Gasteiger partial charge in [-0.1, -0.05) is 75.6 Å². The first-order valence-corrected chi connectivity index (χ1v) is 9.69. The van der Waals surface area contributed by atoms with E-state index in [9.17, 15) is 9.59 Å². The lowest BCUT2D eigenvalue weighted by atomic mass is 9.90. The largest absolute Gasteiger partial charge is 0.299 e. The number of Topliss-reactive ketones (excluding diaryl/α,β-unsaturated/α-hetero) is 2. The number of carbonyl (C=O) groups is 2. The van der Waals surface area contributed by atoms with Gasteiger partial charge in [-0.25, -0.2) is 0 Å². The second-order valence-corrected chi connectivity index (χ2v) is 6.78. The lowest BCUT2D eigenvalue weighted by molar-refractivity contribution is -0.132. The van der Waals surface area contributed by atoms with Crippen molar-refractivity contribution in [3.05, 3.63) is 48.0 Å². The van der Waals surface area contributed by atoms with Gasteiger partial charge in [-0.2, -0.15) is 0 Å². The number of benzene rings is 2. The standard InChI is InChI=1S/C23H30O2/c1-3-22(24)21(23(25)4-2)17-8-6-5-7-12-18-14-11-15-19-13-9-10-16-20(18)19/h9-11,13-16,21H,3-8,12,17H2,1-2H3. The Balaban J connectivity index is 1.76. The molecule has 0 heterocycles. The second kappa shape index (κ2) is 10.1. The van der Waals surface area contributed by atoms with Crippen molar-refractivity contribution in [2.45, 2.75) is 65.2 Å². The Hall–Kier alpha value is -1.96. The van der Waals surface area contributed by atoms with Crippen LogP contribution in [0, 0.1) is 5.92 Å². The summed E-state index contributed by atoms with van der Waals surface area (Å²) in [6, 6.07) is 15.1. The average molecular weight is 338 g/mol. The first-order chi connectivity index (χ1) is 12.2. The number of ketones is 2. The highest BCUT2D eigenvalue weighted by Crippen LogP contribution is 2.21. The molecule has 2 heteroatoms. The minimum atomic E-state index is -0.354. The molecule has 2 nitrogen and oxygen atoms in total. The van der Waals surface area contributed by atoms with Crippen LogP contribution in [0.25, 0.3) is 10.8 Å². The maximum absolute atomic E-state index is 11.9. The number of hydrogen-bond acceptors (Lipinski definition) is 2. The van der Waals surface area contributed by atoms with E-state index in [4.69, 9.17) is 0 Å². The number of aryl methyl sites for hydroxylation is 1. The van der Waals surface area contributed by atoms with Gasteiger partial charge in [-0.05, 0) is 35.6 Å². The van der Waals surface area contributed by atoms with Gasteiger partial charge in [0.2, 0.25) is 0 Å². The molecule has 0 fully saturated rings. The number of fused-ring (bicyclic) bond motifs is 1. The monoisotopic (exact) mass is 338 g/mol. The lowest BCUT2D eigenvalue weighted by Gasteiger charge is -2.13. The van der Waals surface area contributed by atoms with Crippen LogP contribution in [0.5, 0.6) is 0 Å². The van der Waals surface area contributed by atoms with Gasteiger partial charge in [0.15, 0.2) is 0 Å². The van der Waals surface area contributed by atoms with E-state index in [0.717, 1.165) is 38.5 Å². The van der Waals surface area contributed by atoms with Crippen molar-refractivity contribution in [2.75, 3.05) is 0 Å². The third kappa shape index (κ3) is 5.52. The fourth-order valence-electron chi connectivity index (χ4n) is 3.52. The molecule has 0 spiro atoms. The van der Waals surface area contributed by atoms with Crippen LogP contribution in [-0.2, 0) is 16.0 Å². The van der Waals surface area contributed by atoms with Crippen LogP contribution in [-0.4, -0.2) is 11.6 Å². The zero-order valence-electron chi connectivity index (χ0n) is 15.6. The van der Waals surface area contributed by atoms with E-state index in [0.29, 0.717) is 12.8 Å². The van der Waals surface area contributed by atoms with Crippen LogP contribution in [0.15, 0.2) is 42.5 Å². The zero-order chi connectivity index (χ0) is 18.1. The van der Waals surface area contributed by atoms with E-state index in [1.807, 2.05) is 13.8 Å². The predicted molar refractivity (Wildman–Crippen MR) is 105 cm³/mol.